The lowest BCUT2D eigenvalue weighted by Gasteiger charge is -2.21. The molecule has 7 heteroatoms. The van der Waals surface area contributed by atoms with Gasteiger partial charge in [0.1, 0.15) is 0 Å². The van der Waals surface area contributed by atoms with Crippen LogP contribution in [-0.2, 0) is 16.1 Å². The van der Waals surface area contributed by atoms with Crippen LogP contribution in [-0.4, -0.2) is 32.6 Å². The van der Waals surface area contributed by atoms with E-state index >= 15 is 0 Å². The first-order chi connectivity index (χ1) is 13.5. The molecule has 0 saturated carbocycles. The Morgan fingerprint density at radius 3 is 2.32 bits per heavy atom. The molecule has 2 aromatic carbocycles. The minimum Gasteiger partial charge on any atom is -0.493 e. The molecule has 146 valence electrons. The van der Waals surface area contributed by atoms with Crippen LogP contribution in [0.2, 0.25) is 0 Å². The van der Waals surface area contributed by atoms with Gasteiger partial charge in [0.05, 0.1) is 25.9 Å². The van der Waals surface area contributed by atoms with E-state index in [2.05, 4.69) is 5.32 Å². The molecule has 2 aromatic rings. The number of ether oxygens (including phenoxy) is 2. The van der Waals surface area contributed by atoms with E-state index in [9.17, 15) is 9.59 Å². The van der Waals surface area contributed by atoms with Crippen LogP contribution in [0.4, 0.5) is 5.69 Å². The maximum Gasteiger partial charge on any atom is 0.223 e. The van der Waals surface area contributed by atoms with Crippen LogP contribution in [0.3, 0.4) is 0 Å². The topological polar surface area (TPSA) is 91.7 Å². The Morgan fingerprint density at radius 1 is 1.07 bits per heavy atom. The fraction of sp³-hybridized carbons (Fsp3) is 0.286. The van der Waals surface area contributed by atoms with Gasteiger partial charge in [0.15, 0.2) is 11.5 Å². The number of methoxy groups -OCH3 is 2. The summed E-state index contributed by atoms with van der Waals surface area (Å²) < 4.78 is 10.4. The zero-order valence-electron chi connectivity index (χ0n) is 16.2. The van der Waals surface area contributed by atoms with E-state index in [1.165, 1.54) is 11.8 Å². The summed E-state index contributed by atoms with van der Waals surface area (Å²) >= 11 is 0. The average molecular weight is 381 g/mol. The summed E-state index contributed by atoms with van der Waals surface area (Å²) in [5, 5.41) is 11.7. The van der Waals surface area contributed by atoms with Crippen molar-refractivity contribution < 1.29 is 19.1 Å². The van der Waals surface area contributed by atoms with Gasteiger partial charge in [-0.3, -0.25) is 9.59 Å². The van der Waals surface area contributed by atoms with Gasteiger partial charge in [0, 0.05) is 32.1 Å². The lowest BCUT2D eigenvalue weighted by atomic mass is 10.2. The van der Waals surface area contributed by atoms with Gasteiger partial charge in [-0.1, -0.05) is 6.07 Å². The van der Waals surface area contributed by atoms with Gasteiger partial charge in [-0.25, -0.2) is 0 Å². The van der Waals surface area contributed by atoms with Gasteiger partial charge < -0.3 is 19.7 Å². The Hall–Kier alpha value is -3.53. The van der Waals surface area contributed by atoms with Gasteiger partial charge in [-0.05, 0) is 42.0 Å². The first-order valence-corrected chi connectivity index (χ1v) is 8.74. The van der Waals surface area contributed by atoms with Gasteiger partial charge in [0.25, 0.3) is 0 Å². The summed E-state index contributed by atoms with van der Waals surface area (Å²) in [4.78, 5) is 25.6. The minimum atomic E-state index is -0.172. The van der Waals surface area contributed by atoms with Crippen molar-refractivity contribution in [1.82, 2.24) is 5.32 Å². The molecule has 0 atom stereocenters. The zero-order valence-corrected chi connectivity index (χ0v) is 16.2. The number of carbonyl (C=O) groups is 2. The molecule has 2 rings (SSSR count). The van der Waals surface area contributed by atoms with Crippen molar-refractivity contribution in [2.45, 2.75) is 19.9 Å². The Bertz CT molecular complexity index is 872. The molecule has 2 amide bonds. The van der Waals surface area contributed by atoms with Crippen molar-refractivity contribution in [3.8, 4) is 17.6 Å². The number of nitriles is 1. The van der Waals surface area contributed by atoms with Crippen molar-refractivity contribution in [1.29, 1.82) is 5.26 Å². The van der Waals surface area contributed by atoms with Crippen LogP contribution in [0.1, 0.15) is 24.5 Å². The molecule has 0 saturated heterocycles. The number of amides is 2. The van der Waals surface area contributed by atoms with Crippen molar-refractivity contribution in [2.75, 3.05) is 25.7 Å². The van der Waals surface area contributed by atoms with Gasteiger partial charge in [0.2, 0.25) is 11.8 Å². The third-order valence-corrected chi connectivity index (χ3v) is 4.19. The number of benzene rings is 2. The zero-order chi connectivity index (χ0) is 20.5. The Kier molecular flexibility index (Phi) is 7.40. The van der Waals surface area contributed by atoms with E-state index in [1.807, 2.05) is 12.1 Å². The maximum absolute atomic E-state index is 12.2. The van der Waals surface area contributed by atoms with Crippen LogP contribution < -0.4 is 19.7 Å². The summed E-state index contributed by atoms with van der Waals surface area (Å²) in [6.07, 6.45) is 0.160. The molecule has 0 aromatic heterocycles. The number of carbonyl (C=O) groups excluding carboxylic acids is 2. The highest BCUT2D eigenvalue weighted by Gasteiger charge is 2.14. The van der Waals surface area contributed by atoms with Crippen LogP contribution >= 0.6 is 0 Å². The Balaban J connectivity index is 1.92. The standard InChI is InChI=1S/C21H23N3O4/c1-15(25)24(18-7-4-16(13-22)5-8-18)11-10-21(26)23-14-17-6-9-19(27-2)20(12-17)28-3/h4-9,12H,10-11,14H2,1-3H3,(H,23,26). The average Bonchev–Trinajstić information content (AvgIpc) is 2.72. The number of hydrogen-bond donors (Lipinski definition) is 1. The minimum absolute atomic E-state index is 0.160. The third kappa shape index (κ3) is 5.48. The SMILES string of the molecule is COc1ccc(CNC(=O)CCN(C(C)=O)c2ccc(C#N)cc2)cc1OC. The van der Waals surface area contributed by atoms with E-state index in [4.69, 9.17) is 14.7 Å². The Morgan fingerprint density at radius 2 is 1.75 bits per heavy atom. The highest BCUT2D eigenvalue weighted by atomic mass is 16.5. The highest BCUT2D eigenvalue weighted by molar-refractivity contribution is 5.92. The second-order valence-corrected chi connectivity index (χ2v) is 6.05. The largest absolute Gasteiger partial charge is 0.493 e. The number of anilines is 1. The van der Waals surface area contributed by atoms with Crippen LogP contribution in [0.5, 0.6) is 11.5 Å². The molecule has 7 nitrogen and oxygen atoms in total. The normalized spacial score (nSPS) is 9.93. The molecular formula is C21H23N3O4. The van der Waals surface area contributed by atoms with Crippen molar-refractivity contribution in [2.24, 2.45) is 0 Å². The summed E-state index contributed by atoms with van der Waals surface area (Å²) in [7, 11) is 3.12. The molecule has 0 aliphatic heterocycles. The number of hydrogen-bond acceptors (Lipinski definition) is 5. The summed E-state index contributed by atoms with van der Waals surface area (Å²) in [6, 6.07) is 14.1. The fourth-order valence-corrected chi connectivity index (χ4v) is 2.68. The molecule has 0 unspecified atom stereocenters. The fourth-order valence-electron chi connectivity index (χ4n) is 2.68. The predicted molar refractivity (Wildman–Crippen MR) is 105 cm³/mol. The van der Waals surface area contributed by atoms with E-state index in [-0.39, 0.29) is 24.8 Å². The van der Waals surface area contributed by atoms with Gasteiger partial charge in [-0.15, -0.1) is 0 Å². The molecule has 0 radical (unpaired) electrons. The van der Waals surface area contributed by atoms with Crippen molar-refractivity contribution >= 4 is 17.5 Å². The second kappa shape index (κ2) is 9.97. The summed E-state index contributed by atoms with van der Waals surface area (Å²) in [5.74, 6) is 0.877. The Labute approximate surface area is 164 Å². The lowest BCUT2D eigenvalue weighted by molar-refractivity contribution is -0.121. The summed E-state index contributed by atoms with van der Waals surface area (Å²) in [5.41, 5.74) is 2.04. The molecular weight excluding hydrogens is 358 g/mol. The first-order valence-electron chi connectivity index (χ1n) is 8.74. The molecule has 0 fully saturated rings. The number of nitrogens with zero attached hydrogens (tertiary/aromatic N) is 2. The van der Waals surface area contributed by atoms with E-state index in [1.54, 1.807) is 50.6 Å². The maximum atomic E-state index is 12.2. The monoisotopic (exact) mass is 381 g/mol. The quantitative estimate of drug-likeness (QED) is 0.759. The van der Waals surface area contributed by atoms with Crippen molar-refractivity contribution in [3.05, 3.63) is 53.6 Å². The van der Waals surface area contributed by atoms with E-state index in [0.29, 0.717) is 29.3 Å². The second-order valence-electron chi connectivity index (χ2n) is 6.05. The molecule has 28 heavy (non-hydrogen) atoms. The molecule has 1 N–H and O–H groups in total. The molecule has 0 spiro atoms. The van der Waals surface area contributed by atoms with Crippen molar-refractivity contribution in [3.63, 3.8) is 0 Å². The lowest BCUT2D eigenvalue weighted by Crippen LogP contribution is -2.33. The van der Waals surface area contributed by atoms with E-state index < -0.39 is 0 Å². The molecule has 0 bridgehead atoms. The van der Waals surface area contributed by atoms with Crippen LogP contribution in [0, 0.1) is 11.3 Å². The van der Waals surface area contributed by atoms with Gasteiger partial charge >= 0.3 is 0 Å². The highest BCUT2D eigenvalue weighted by Crippen LogP contribution is 2.27. The molecule has 0 aliphatic carbocycles. The smallest absolute Gasteiger partial charge is 0.223 e. The number of rotatable bonds is 8. The third-order valence-electron chi connectivity index (χ3n) is 4.19. The van der Waals surface area contributed by atoms with Crippen LogP contribution in [0.15, 0.2) is 42.5 Å². The van der Waals surface area contributed by atoms with Crippen LogP contribution in [0.25, 0.3) is 0 Å². The predicted octanol–water partition coefficient (Wildman–Crippen LogP) is 2.63. The number of nitrogens with one attached hydrogen (secondary N) is 1. The molecule has 0 aliphatic rings. The molecule has 0 heterocycles. The summed E-state index contributed by atoms with van der Waals surface area (Å²) in [6.45, 7) is 2.04. The van der Waals surface area contributed by atoms with E-state index in [0.717, 1.165) is 5.56 Å². The first kappa shape index (κ1) is 20.8. The van der Waals surface area contributed by atoms with Gasteiger partial charge in [-0.2, -0.15) is 5.26 Å².